The fourth-order valence-corrected chi connectivity index (χ4v) is 2.76. The van der Waals surface area contributed by atoms with Crippen LogP contribution in [-0.4, -0.2) is 42.3 Å². The highest BCUT2D eigenvalue weighted by atomic mass is 79.9. The summed E-state index contributed by atoms with van der Waals surface area (Å²) >= 11 is 3.09. The third kappa shape index (κ3) is 5.83. The predicted molar refractivity (Wildman–Crippen MR) is 108 cm³/mol. The van der Waals surface area contributed by atoms with Gasteiger partial charge in [0, 0.05) is 18.9 Å². The maximum absolute atomic E-state index is 13.5. The van der Waals surface area contributed by atoms with Crippen LogP contribution in [0.25, 0.3) is 17.2 Å². The van der Waals surface area contributed by atoms with Crippen molar-refractivity contribution in [3.63, 3.8) is 0 Å². The Hall–Kier alpha value is -4.08. The molecule has 0 aliphatic rings. The summed E-state index contributed by atoms with van der Waals surface area (Å²) in [5.41, 5.74) is 1.42. The number of nitrogens with one attached hydrogen (secondary N) is 1. The molecule has 34 heavy (non-hydrogen) atoms. The second-order valence-electron chi connectivity index (χ2n) is 6.19. The van der Waals surface area contributed by atoms with Crippen LogP contribution in [0.1, 0.15) is 5.56 Å². The summed E-state index contributed by atoms with van der Waals surface area (Å²) in [6, 6.07) is 7.74. The highest BCUT2D eigenvalue weighted by molar-refractivity contribution is 9.10. The molecule has 178 valence electrons. The number of anilines is 1. The van der Waals surface area contributed by atoms with E-state index in [1.54, 1.807) is 18.5 Å². The molecule has 2 N–H and O–H groups in total. The zero-order chi connectivity index (χ0) is 24.9. The number of alkyl halides is 3. The molecule has 0 aliphatic heterocycles. The van der Waals surface area contributed by atoms with Crippen LogP contribution in [0, 0.1) is 5.82 Å². The quantitative estimate of drug-likeness (QED) is 0.356. The molecule has 0 bridgehead atoms. The van der Waals surface area contributed by atoms with Crippen molar-refractivity contribution in [1.82, 2.24) is 25.0 Å². The summed E-state index contributed by atoms with van der Waals surface area (Å²) in [5.74, 6) is -3.65. The van der Waals surface area contributed by atoms with Crippen molar-refractivity contribution in [2.24, 2.45) is 0 Å². The van der Waals surface area contributed by atoms with Gasteiger partial charge in [-0.3, -0.25) is 9.51 Å². The van der Waals surface area contributed by atoms with Gasteiger partial charge in [0.15, 0.2) is 5.69 Å². The van der Waals surface area contributed by atoms with Gasteiger partial charge in [-0.15, -0.1) is 0 Å². The molecule has 3 aromatic heterocycles. The van der Waals surface area contributed by atoms with E-state index in [2.05, 4.69) is 41.7 Å². The zero-order valence-electron chi connectivity index (χ0n) is 16.5. The Morgan fingerprint density at radius 1 is 1.21 bits per heavy atom. The van der Waals surface area contributed by atoms with Gasteiger partial charge >= 0.3 is 17.9 Å². The Balaban J connectivity index is 0.000000406. The molecule has 3 heterocycles. The molecule has 0 radical (unpaired) electrons. The van der Waals surface area contributed by atoms with Gasteiger partial charge in [-0.05, 0) is 56.1 Å². The standard InChI is InChI=1S/C16H10BrFN6O3.C2HF3O2/c17-11-6-10(3-4-12(11)18)24-15(23-26-16(24)25)13-14(22-27-21-13)20-8-9-2-1-5-19-7-9;3-2(4,5)1(6)7/h1-7H,8H2,(H,20,22);(H,6,7). The topological polar surface area (TPSA) is 149 Å². The smallest absolute Gasteiger partial charge is 0.475 e. The molecule has 0 aliphatic carbocycles. The number of hydrogen-bond acceptors (Lipinski definition) is 9. The number of aliphatic carboxylic acids is 1. The molecule has 0 unspecified atom stereocenters. The number of hydrogen-bond donors (Lipinski definition) is 2. The van der Waals surface area contributed by atoms with E-state index in [0.29, 0.717) is 12.2 Å². The Morgan fingerprint density at radius 2 is 1.94 bits per heavy atom. The summed E-state index contributed by atoms with van der Waals surface area (Å²) < 4.78 is 56.1. The summed E-state index contributed by atoms with van der Waals surface area (Å²) in [6.07, 6.45) is -1.72. The molecule has 0 spiro atoms. The van der Waals surface area contributed by atoms with E-state index in [0.717, 1.165) is 10.1 Å². The Morgan fingerprint density at radius 3 is 2.56 bits per heavy atom. The fraction of sp³-hybridized carbons (Fsp3) is 0.111. The lowest BCUT2D eigenvalue weighted by Crippen LogP contribution is -2.21. The summed E-state index contributed by atoms with van der Waals surface area (Å²) in [7, 11) is 0. The van der Waals surface area contributed by atoms with Crippen LogP contribution in [0.3, 0.4) is 0 Å². The third-order valence-electron chi connectivity index (χ3n) is 3.89. The molecule has 11 nitrogen and oxygen atoms in total. The molecular formula is C18H11BrF4N6O5. The molecular weight excluding hydrogens is 536 g/mol. The van der Waals surface area contributed by atoms with E-state index < -0.39 is 23.7 Å². The molecule has 1 aromatic carbocycles. The molecule has 16 heteroatoms. The van der Waals surface area contributed by atoms with Gasteiger partial charge in [0.05, 0.1) is 10.2 Å². The molecule has 4 rings (SSSR count). The number of nitrogens with zero attached hydrogens (tertiary/aromatic N) is 5. The zero-order valence-corrected chi connectivity index (χ0v) is 18.0. The SMILES string of the molecule is O=C(O)C(F)(F)F.O=c1onc(-c2nonc2NCc2cccnc2)n1-c1ccc(F)c(Br)c1. The number of carboxylic acid groups (broad SMARTS) is 1. The lowest BCUT2D eigenvalue weighted by Gasteiger charge is -2.06. The first-order valence-corrected chi connectivity index (χ1v) is 9.67. The molecule has 0 saturated carbocycles. The third-order valence-corrected chi connectivity index (χ3v) is 4.50. The van der Waals surface area contributed by atoms with E-state index >= 15 is 0 Å². The second kappa shape index (κ2) is 10.2. The lowest BCUT2D eigenvalue weighted by molar-refractivity contribution is -0.192. The average Bonchev–Trinajstić information content (AvgIpc) is 3.41. The van der Waals surface area contributed by atoms with E-state index in [1.807, 2.05) is 6.07 Å². The number of benzene rings is 1. The predicted octanol–water partition coefficient (Wildman–Crippen LogP) is 3.42. The number of pyridine rings is 1. The van der Waals surface area contributed by atoms with Crippen molar-refractivity contribution in [3.05, 3.63) is 69.1 Å². The Labute approximate surface area is 194 Å². The number of halogens is 5. The molecule has 4 aromatic rings. The number of carbonyl (C=O) groups is 1. The fourth-order valence-electron chi connectivity index (χ4n) is 2.39. The summed E-state index contributed by atoms with van der Waals surface area (Å²) in [6.45, 7) is 0.402. The largest absolute Gasteiger partial charge is 0.490 e. The van der Waals surface area contributed by atoms with Crippen LogP contribution in [0.5, 0.6) is 0 Å². The number of rotatable bonds is 5. The van der Waals surface area contributed by atoms with E-state index in [1.165, 1.54) is 18.2 Å². The van der Waals surface area contributed by atoms with Gasteiger partial charge < -0.3 is 10.4 Å². The van der Waals surface area contributed by atoms with Crippen LogP contribution in [0.2, 0.25) is 0 Å². The first kappa shape index (κ1) is 24.6. The van der Waals surface area contributed by atoms with Crippen molar-refractivity contribution in [2.45, 2.75) is 12.7 Å². The van der Waals surface area contributed by atoms with Crippen molar-refractivity contribution >= 4 is 27.7 Å². The Bertz CT molecular complexity index is 1340. The van der Waals surface area contributed by atoms with Crippen molar-refractivity contribution in [1.29, 1.82) is 0 Å². The minimum atomic E-state index is -5.08. The average molecular weight is 547 g/mol. The maximum atomic E-state index is 13.5. The summed E-state index contributed by atoms with van der Waals surface area (Å²) in [4.78, 5) is 25.1. The number of aromatic nitrogens is 5. The highest BCUT2D eigenvalue weighted by Crippen LogP contribution is 2.26. The lowest BCUT2D eigenvalue weighted by atomic mass is 10.2. The van der Waals surface area contributed by atoms with Crippen LogP contribution < -0.4 is 11.1 Å². The van der Waals surface area contributed by atoms with Crippen LogP contribution >= 0.6 is 15.9 Å². The van der Waals surface area contributed by atoms with E-state index in [9.17, 15) is 22.4 Å². The van der Waals surface area contributed by atoms with E-state index in [4.69, 9.17) is 19.1 Å². The van der Waals surface area contributed by atoms with Crippen molar-refractivity contribution in [3.8, 4) is 17.2 Å². The maximum Gasteiger partial charge on any atom is 0.490 e. The van der Waals surface area contributed by atoms with Crippen LogP contribution in [0.4, 0.5) is 23.4 Å². The van der Waals surface area contributed by atoms with Gasteiger partial charge in [0.2, 0.25) is 11.6 Å². The van der Waals surface area contributed by atoms with Crippen LogP contribution in [-0.2, 0) is 11.3 Å². The van der Waals surface area contributed by atoms with Crippen molar-refractivity contribution in [2.75, 3.05) is 5.32 Å². The van der Waals surface area contributed by atoms with Gasteiger partial charge in [0.1, 0.15) is 5.82 Å². The van der Waals surface area contributed by atoms with Gasteiger partial charge in [-0.2, -0.15) is 13.2 Å². The minimum Gasteiger partial charge on any atom is -0.475 e. The number of carboxylic acids is 1. The summed E-state index contributed by atoms with van der Waals surface area (Å²) in [5, 5.41) is 21.5. The highest BCUT2D eigenvalue weighted by Gasteiger charge is 2.38. The first-order valence-electron chi connectivity index (χ1n) is 8.88. The molecule has 0 amide bonds. The monoisotopic (exact) mass is 546 g/mol. The normalized spacial score (nSPS) is 11.0. The minimum absolute atomic E-state index is 0.0634. The molecule has 0 atom stereocenters. The second-order valence-corrected chi connectivity index (χ2v) is 7.04. The van der Waals surface area contributed by atoms with Gasteiger partial charge in [-0.1, -0.05) is 11.2 Å². The first-order chi connectivity index (χ1) is 16.1. The van der Waals surface area contributed by atoms with Crippen LogP contribution in [0.15, 0.2) is 61.1 Å². The molecule has 0 saturated heterocycles. The van der Waals surface area contributed by atoms with E-state index in [-0.39, 0.29) is 21.8 Å². The molecule has 0 fully saturated rings. The van der Waals surface area contributed by atoms with Crippen molar-refractivity contribution < 1.29 is 36.6 Å². The van der Waals surface area contributed by atoms with Gasteiger partial charge in [0.25, 0.3) is 0 Å². The Kier molecular flexibility index (Phi) is 7.40. The van der Waals surface area contributed by atoms with Gasteiger partial charge in [-0.25, -0.2) is 23.2 Å².